The summed E-state index contributed by atoms with van der Waals surface area (Å²) in [4.78, 5) is 32.0. The minimum atomic E-state index is 0. The molecule has 2 aliphatic heterocycles. The summed E-state index contributed by atoms with van der Waals surface area (Å²) in [5.41, 5.74) is 0. The molecule has 1 radical (unpaired) electrons. The van der Waals surface area contributed by atoms with Crippen LogP contribution in [0.4, 0.5) is 0 Å². The Hall–Kier alpha value is 0.164. The molecule has 3 fully saturated rings. The number of hydrogen-bond donors (Lipinski definition) is 0. The van der Waals surface area contributed by atoms with E-state index in [0.717, 1.165) is 51.1 Å². The van der Waals surface area contributed by atoms with Crippen molar-refractivity contribution < 1.29 is 42.3 Å². The number of carbonyl (C=O) groups is 2. The molecule has 2 unspecified atom stereocenters. The molecule has 0 bridgehead atoms. The van der Waals surface area contributed by atoms with Gasteiger partial charge in [0.15, 0.2) is 0 Å². The molecule has 3 aliphatic rings. The third-order valence-electron chi connectivity index (χ3n) is 7.28. The maximum atomic E-state index is 12.8. The fraction of sp³-hybridized carbons (Fsp3) is 0.909. The number of ketones is 1. The zero-order valence-corrected chi connectivity index (χ0v) is 20.9. The molecule has 1 saturated carbocycles. The number of nitrogens with zero attached hydrogens (tertiary/aromatic N) is 3. The van der Waals surface area contributed by atoms with E-state index < -0.39 is 0 Å². The maximum Gasteiger partial charge on any atom is 0.225 e. The number of hydrogen-bond acceptors (Lipinski definition) is 4. The average molecular weight is 466 g/mol. The Bertz CT molecular complexity index is 500. The predicted octanol–water partition coefficient (Wildman–Crippen LogP) is 2.65. The molecule has 2 heterocycles. The van der Waals surface area contributed by atoms with E-state index in [0.29, 0.717) is 18.1 Å². The van der Waals surface area contributed by atoms with Crippen LogP contribution in [0.3, 0.4) is 0 Å². The monoisotopic (exact) mass is 466 g/mol. The van der Waals surface area contributed by atoms with Gasteiger partial charge in [0.2, 0.25) is 5.91 Å². The Labute approximate surface area is 196 Å². The summed E-state index contributed by atoms with van der Waals surface area (Å²) in [7, 11) is 0. The number of Topliss-reactive ketones (excluding diaryl/α,β-unsaturated/α-hetero) is 1. The number of rotatable bonds is 7. The van der Waals surface area contributed by atoms with Crippen LogP contribution in [0.5, 0.6) is 0 Å². The Kier molecular flexibility index (Phi) is 10.6. The van der Waals surface area contributed by atoms with Crippen LogP contribution >= 0.6 is 0 Å². The number of carbonyl (C=O) groups excluding carboxylic acids is 2. The largest absolute Gasteiger partial charge is 0.342 e. The molecule has 2 saturated heterocycles. The van der Waals surface area contributed by atoms with Crippen LogP contribution in [0.25, 0.3) is 0 Å². The van der Waals surface area contributed by atoms with Crippen molar-refractivity contribution in [1.29, 1.82) is 0 Å². The average Bonchev–Trinajstić information content (AvgIpc) is 3.22. The van der Waals surface area contributed by atoms with Crippen molar-refractivity contribution in [3.8, 4) is 0 Å². The summed E-state index contributed by atoms with van der Waals surface area (Å²) in [6.07, 6.45) is 6.85. The predicted molar refractivity (Wildman–Crippen MR) is 109 cm³/mol. The van der Waals surface area contributed by atoms with Gasteiger partial charge in [-0.3, -0.25) is 9.59 Å². The molecule has 3 rings (SSSR count). The Morgan fingerprint density at radius 2 is 1.43 bits per heavy atom. The zero-order chi connectivity index (χ0) is 19.2. The molecular formula is C22H39N3O2Y. The number of piperazine rings is 1. The topological polar surface area (TPSA) is 43.9 Å². The molecule has 0 aromatic rings. The maximum absolute atomic E-state index is 12.8. The second-order valence-corrected chi connectivity index (χ2v) is 8.86. The van der Waals surface area contributed by atoms with Gasteiger partial charge in [-0.05, 0) is 57.5 Å². The summed E-state index contributed by atoms with van der Waals surface area (Å²) in [6.45, 7) is 13.3. The van der Waals surface area contributed by atoms with Gasteiger partial charge >= 0.3 is 0 Å². The van der Waals surface area contributed by atoms with Crippen LogP contribution in [0.2, 0.25) is 0 Å². The van der Waals surface area contributed by atoms with E-state index in [2.05, 4.69) is 21.6 Å². The quantitative estimate of drug-likeness (QED) is 0.579. The Morgan fingerprint density at radius 1 is 0.821 bits per heavy atom. The van der Waals surface area contributed by atoms with Crippen molar-refractivity contribution in [3.05, 3.63) is 0 Å². The number of amides is 1. The van der Waals surface area contributed by atoms with E-state index >= 15 is 0 Å². The molecular weight excluding hydrogens is 427 g/mol. The van der Waals surface area contributed by atoms with Gasteiger partial charge in [-0.15, -0.1) is 0 Å². The minimum absolute atomic E-state index is 0. The number of likely N-dealkylation sites (tertiary alicyclic amines) is 1. The van der Waals surface area contributed by atoms with E-state index in [4.69, 9.17) is 0 Å². The number of likely N-dealkylation sites (N-methyl/N-ethyl adjacent to an activating group) is 1. The molecule has 6 heteroatoms. The first-order valence-corrected chi connectivity index (χ1v) is 11.4. The van der Waals surface area contributed by atoms with E-state index in [-0.39, 0.29) is 44.5 Å². The van der Waals surface area contributed by atoms with E-state index in [1.807, 2.05) is 6.92 Å². The SMILES string of the molecule is CCC(=O)C1CCC(C(=O)N2CCC(CCN3CCN(CC)CC3)CC2)C1.[Y]. The summed E-state index contributed by atoms with van der Waals surface area (Å²) < 4.78 is 0. The van der Waals surface area contributed by atoms with Gasteiger partial charge in [0.25, 0.3) is 0 Å². The molecule has 0 N–H and O–H groups in total. The van der Waals surface area contributed by atoms with Gasteiger partial charge in [-0.25, -0.2) is 0 Å². The van der Waals surface area contributed by atoms with Crippen molar-refractivity contribution in [1.82, 2.24) is 14.7 Å². The fourth-order valence-electron chi connectivity index (χ4n) is 5.18. The second kappa shape index (κ2) is 12.1. The molecule has 2 atom stereocenters. The zero-order valence-electron chi connectivity index (χ0n) is 18.1. The summed E-state index contributed by atoms with van der Waals surface area (Å²) in [6, 6.07) is 0. The van der Waals surface area contributed by atoms with Crippen molar-refractivity contribution in [2.24, 2.45) is 17.8 Å². The molecule has 0 spiro atoms. The fourth-order valence-corrected chi connectivity index (χ4v) is 5.18. The van der Waals surface area contributed by atoms with Crippen molar-refractivity contribution in [3.63, 3.8) is 0 Å². The second-order valence-electron chi connectivity index (χ2n) is 8.86. The summed E-state index contributed by atoms with van der Waals surface area (Å²) in [5, 5.41) is 0. The van der Waals surface area contributed by atoms with Gasteiger partial charge in [-0.1, -0.05) is 13.8 Å². The van der Waals surface area contributed by atoms with E-state index in [1.54, 1.807) is 0 Å². The van der Waals surface area contributed by atoms with Crippen LogP contribution < -0.4 is 0 Å². The van der Waals surface area contributed by atoms with Crippen molar-refractivity contribution >= 4 is 11.7 Å². The van der Waals surface area contributed by atoms with E-state index in [9.17, 15) is 9.59 Å². The molecule has 0 aromatic heterocycles. The number of piperidine rings is 1. The van der Waals surface area contributed by atoms with Crippen LogP contribution in [0.1, 0.15) is 58.8 Å². The van der Waals surface area contributed by atoms with Crippen LogP contribution in [0, 0.1) is 17.8 Å². The van der Waals surface area contributed by atoms with Crippen LogP contribution in [0.15, 0.2) is 0 Å². The Morgan fingerprint density at radius 3 is 2.04 bits per heavy atom. The third kappa shape index (κ3) is 6.58. The van der Waals surface area contributed by atoms with Gasteiger partial charge in [0, 0.05) is 90.2 Å². The van der Waals surface area contributed by atoms with Gasteiger partial charge in [0.05, 0.1) is 0 Å². The first-order chi connectivity index (χ1) is 13.1. The van der Waals surface area contributed by atoms with Crippen molar-refractivity contribution in [2.45, 2.75) is 58.8 Å². The van der Waals surface area contributed by atoms with Crippen LogP contribution in [-0.4, -0.2) is 78.7 Å². The molecule has 5 nitrogen and oxygen atoms in total. The normalized spacial score (nSPS) is 27.6. The smallest absolute Gasteiger partial charge is 0.225 e. The first kappa shape index (κ1) is 24.4. The standard InChI is InChI=1S/C22H39N3O2.Y/c1-3-21(26)19-5-6-20(17-19)22(27)25-11-8-18(9-12-25)7-10-24-15-13-23(4-2)14-16-24;/h18-20H,3-17H2,1-2H3;. The first-order valence-electron chi connectivity index (χ1n) is 11.4. The molecule has 28 heavy (non-hydrogen) atoms. The third-order valence-corrected chi connectivity index (χ3v) is 7.28. The van der Waals surface area contributed by atoms with Crippen LogP contribution in [-0.2, 0) is 42.3 Å². The van der Waals surface area contributed by atoms with Gasteiger partial charge in [0.1, 0.15) is 5.78 Å². The summed E-state index contributed by atoms with van der Waals surface area (Å²) in [5.74, 6) is 1.71. The minimum Gasteiger partial charge on any atom is -0.342 e. The van der Waals surface area contributed by atoms with E-state index in [1.165, 1.54) is 45.7 Å². The van der Waals surface area contributed by atoms with Gasteiger partial charge < -0.3 is 14.7 Å². The molecule has 157 valence electrons. The molecule has 1 aliphatic carbocycles. The molecule has 1 amide bonds. The summed E-state index contributed by atoms with van der Waals surface area (Å²) >= 11 is 0. The Balaban J connectivity index is 0.00000280. The van der Waals surface area contributed by atoms with Gasteiger partial charge in [-0.2, -0.15) is 0 Å². The van der Waals surface area contributed by atoms with Crippen molar-refractivity contribution in [2.75, 3.05) is 52.4 Å². The molecule has 0 aromatic carbocycles.